The molecule has 0 aliphatic carbocycles. The molecule has 1 amide bonds. The predicted octanol–water partition coefficient (Wildman–Crippen LogP) is 8.77. The topological polar surface area (TPSA) is 111 Å². The summed E-state index contributed by atoms with van der Waals surface area (Å²) in [6.45, 7) is 12.0. The van der Waals surface area contributed by atoms with Gasteiger partial charge in [0.05, 0.1) is 19.6 Å². The lowest BCUT2D eigenvalue weighted by atomic mass is 9.81. The van der Waals surface area contributed by atoms with Gasteiger partial charge in [0.2, 0.25) is 5.91 Å². The lowest BCUT2D eigenvalue weighted by molar-refractivity contribution is -0.184. The van der Waals surface area contributed by atoms with Crippen molar-refractivity contribution in [3.8, 4) is 5.75 Å². The number of methoxy groups -OCH3 is 1. The second-order valence-electron chi connectivity index (χ2n) is 13.9. The van der Waals surface area contributed by atoms with E-state index in [1.165, 1.54) is 57.1 Å². The van der Waals surface area contributed by atoms with Crippen LogP contribution in [0.25, 0.3) is 0 Å². The number of unbranched alkanes of at least 4 members (excludes halogenated alkanes) is 9. The van der Waals surface area contributed by atoms with E-state index in [0.717, 1.165) is 43.4 Å². The molecule has 0 radical (unpaired) electrons. The molecule has 0 saturated carbocycles. The molecule has 1 aromatic rings. The summed E-state index contributed by atoms with van der Waals surface area (Å²) in [6.07, 6.45) is 17.7. The minimum absolute atomic E-state index is 0.0169. The molecule has 49 heavy (non-hydrogen) atoms. The quantitative estimate of drug-likeness (QED) is 0.0531. The number of allylic oxidation sites excluding steroid dienone is 1. The fraction of sp³-hybridized carbons (Fsp3) is 0.725. The molecule has 1 rings (SSSR count). The average molecular weight is 706 g/mol. The number of rotatable bonds is 27. The molecule has 2 N–H and O–H groups in total. The maximum atomic E-state index is 14.0. The molecule has 8 nitrogen and oxygen atoms in total. The molecule has 0 spiro atoms. The molecule has 0 saturated heterocycles. The van der Waals surface area contributed by atoms with Crippen LogP contribution in [0.5, 0.6) is 5.75 Å². The SMILES string of the molecule is CCCCCCCSCCCCCCC=C[C@H](C(=O)NC(Cc1ccc(OCCCC)cc1)C(=O)OC)[C@@](O)(CCC)C(=O)OC(C)(C)C. The van der Waals surface area contributed by atoms with Gasteiger partial charge in [0.1, 0.15) is 17.4 Å². The lowest BCUT2D eigenvalue weighted by Crippen LogP contribution is -2.56. The standard InChI is InChI=1S/C40H67NO7S/c1-8-11-13-17-20-29-49-30-21-18-15-14-16-19-22-34(40(45,27-10-3)38(44)48-39(4,5)6)36(42)41-35(37(43)46-7)31-32-23-25-33(26-24-32)47-28-12-9-2/h19,22-26,34-35,45H,8-18,20-21,27-31H2,1-7H3,(H,41,42)/t34-,35?,40+/m1/s1. The predicted molar refractivity (Wildman–Crippen MR) is 202 cm³/mol. The van der Waals surface area contributed by atoms with Gasteiger partial charge in [-0.05, 0) is 88.5 Å². The van der Waals surface area contributed by atoms with Crippen molar-refractivity contribution in [2.24, 2.45) is 5.92 Å². The van der Waals surface area contributed by atoms with Gasteiger partial charge in [0, 0.05) is 6.42 Å². The van der Waals surface area contributed by atoms with Gasteiger partial charge in [-0.3, -0.25) is 4.79 Å². The third-order valence-electron chi connectivity index (χ3n) is 8.24. The second kappa shape index (κ2) is 25.4. The Balaban J connectivity index is 2.99. The van der Waals surface area contributed by atoms with Crippen LogP contribution in [0.15, 0.2) is 36.4 Å². The summed E-state index contributed by atoms with van der Waals surface area (Å²) >= 11 is 2.04. The Hall–Kier alpha value is -2.52. The van der Waals surface area contributed by atoms with Gasteiger partial charge in [0.25, 0.3) is 0 Å². The van der Waals surface area contributed by atoms with Crippen LogP contribution >= 0.6 is 11.8 Å². The summed E-state index contributed by atoms with van der Waals surface area (Å²) in [5, 5.41) is 14.7. The van der Waals surface area contributed by atoms with Gasteiger partial charge < -0.3 is 24.6 Å². The van der Waals surface area contributed by atoms with Crippen LogP contribution in [-0.4, -0.2) is 65.4 Å². The molecule has 0 fully saturated rings. The molecule has 1 aromatic carbocycles. The Kier molecular flexibility index (Phi) is 23.1. The van der Waals surface area contributed by atoms with E-state index in [9.17, 15) is 19.5 Å². The minimum atomic E-state index is -2.12. The number of aliphatic hydroxyl groups is 1. The van der Waals surface area contributed by atoms with E-state index in [1.807, 2.05) is 49.0 Å². The largest absolute Gasteiger partial charge is 0.494 e. The van der Waals surface area contributed by atoms with Crippen molar-refractivity contribution in [3.63, 3.8) is 0 Å². The Labute approximate surface area is 301 Å². The summed E-state index contributed by atoms with van der Waals surface area (Å²) in [5.74, 6) is -0.226. The lowest BCUT2D eigenvalue weighted by Gasteiger charge is -2.34. The zero-order valence-corrected chi connectivity index (χ0v) is 32.5. The smallest absolute Gasteiger partial charge is 0.339 e. The normalized spacial score (nSPS) is 14.2. The summed E-state index contributed by atoms with van der Waals surface area (Å²) in [7, 11) is 1.27. The van der Waals surface area contributed by atoms with E-state index < -0.39 is 41.0 Å². The van der Waals surface area contributed by atoms with Crippen LogP contribution in [0.3, 0.4) is 0 Å². The monoisotopic (exact) mass is 705 g/mol. The molecule has 0 bridgehead atoms. The third-order valence-corrected chi connectivity index (χ3v) is 9.40. The van der Waals surface area contributed by atoms with Gasteiger partial charge in [-0.25, -0.2) is 9.59 Å². The summed E-state index contributed by atoms with van der Waals surface area (Å²) in [4.78, 5) is 40.3. The first kappa shape index (κ1) is 44.5. The molecule has 0 aromatic heterocycles. The molecular formula is C40H67NO7S. The zero-order chi connectivity index (χ0) is 36.5. The second-order valence-corrected chi connectivity index (χ2v) is 15.2. The number of carbonyl (C=O) groups excluding carboxylic acids is 3. The fourth-order valence-corrected chi connectivity index (χ4v) is 6.47. The highest BCUT2D eigenvalue weighted by Gasteiger charge is 2.49. The first-order valence-corrected chi connectivity index (χ1v) is 19.9. The maximum absolute atomic E-state index is 14.0. The van der Waals surface area contributed by atoms with Crippen LogP contribution in [0.4, 0.5) is 0 Å². The average Bonchev–Trinajstić information content (AvgIpc) is 3.06. The molecular weight excluding hydrogens is 639 g/mol. The van der Waals surface area contributed by atoms with E-state index in [1.54, 1.807) is 26.8 Å². The van der Waals surface area contributed by atoms with Crippen LogP contribution in [0.2, 0.25) is 0 Å². The molecule has 9 heteroatoms. The van der Waals surface area contributed by atoms with Crippen molar-refractivity contribution >= 4 is 29.6 Å². The van der Waals surface area contributed by atoms with Crippen molar-refractivity contribution in [3.05, 3.63) is 42.0 Å². The zero-order valence-electron chi connectivity index (χ0n) is 31.7. The van der Waals surface area contributed by atoms with E-state index in [0.29, 0.717) is 19.4 Å². The van der Waals surface area contributed by atoms with Crippen LogP contribution in [0, 0.1) is 5.92 Å². The Bertz CT molecular complexity index is 1090. The highest BCUT2D eigenvalue weighted by Crippen LogP contribution is 2.30. The van der Waals surface area contributed by atoms with E-state index in [4.69, 9.17) is 14.2 Å². The van der Waals surface area contributed by atoms with Gasteiger partial charge in [-0.15, -0.1) is 0 Å². The van der Waals surface area contributed by atoms with Gasteiger partial charge in [-0.1, -0.05) is 96.4 Å². The Morgan fingerprint density at radius 3 is 2.04 bits per heavy atom. The number of hydrogen-bond donors (Lipinski definition) is 2. The number of thioether (sulfide) groups is 1. The Morgan fingerprint density at radius 1 is 0.857 bits per heavy atom. The third kappa shape index (κ3) is 18.9. The summed E-state index contributed by atoms with van der Waals surface area (Å²) in [6, 6.07) is 6.34. The first-order chi connectivity index (χ1) is 23.4. The van der Waals surface area contributed by atoms with Crippen molar-refractivity contribution in [2.75, 3.05) is 25.2 Å². The molecule has 280 valence electrons. The van der Waals surface area contributed by atoms with Crippen molar-refractivity contribution < 1.29 is 33.7 Å². The number of ether oxygens (including phenoxy) is 3. The van der Waals surface area contributed by atoms with E-state index in [2.05, 4.69) is 19.2 Å². The number of amides is 1. The van der Waals surface area contributed by atoms with Crippen molar-refractivity contribution in [2.45, 2.75) is 155 Å². The molecule has 1 unspecified atom stereocenters. The molecule has 0 heterocycles. The van der Waals surface area contributed by atoms with Crippen molar-refractivity contribution in [1.29, 1.82) is 0 Å². The number of nitrogens with one attached hydrogen (secondary N) is 1. The summed E-state index contributed by atoms with van der Waals surface area (Å²) < 4.78 is 16.4. The first-order valence-electron chi connectivity index (χ1n) is 18.7. The molecule has 3 atom stereocenters. The van der Waals surface area contributed by atoms with Crippen molar-refractivity contribution in [1.82, 2.24) is 5.32 Å². The van der Waals surface area contributed by atoms with Gasteiger partial charge in [-0.2, -0.15) is 11.8 Å². The maximum Gasteiger partial charge on any atom is 0.339 e. The van der Waals surface area contributed by atoms with Gasteiger partial charge >= 0.3 is 11.9 Å². The number of benzene rings is 1. The van der Waals surface area contributed by atoms with Gasteiger partial charge in [0.15, 0.2) is 5.60 Å². The van der Waals surface area contributed by atoms with E-state index >= 15 is 0 Å². The molecule has 0 aliphatic heterocycles. The number of esters is 2. The van der Waals surface area contributed by atoms with Crippen LogP contribution in [-0.2, 0) is 30.3 Å². The van der Waals surface area contributed by atoms with Crippen LogP contribution < -0.4 is 10.1 Å². The minimum Gasteiger partial charge on any atom is -0.494 e. The Morgan fingerprint density at radius 2 is 1.47 bits per heavy atom. The number of hydrogen-bond acceptors (Lipinski definition) is 8. The van der Waals surface area contributed by atoms with Crippen LogP contribution in [0.1, 0.15) is 137 Å². The highest BCUT2D eigenvalue weighted by molar-refractivity contribution is 7.99. The fourth-order valence-electron chi connectivity index (χ4n) is 5.45. The molecule has 0 aliphatic rings. The van der Waals surface area contributed by atoms with E-state index in [-0.39, 0.29) is 12.8 Å². The number of carbonyl (C=O) groups is 3. The highest BCUT2D eigenvalue weighted by atomic mass is 32.2. The summed E-state index contributed by atoms with van der Waals surface area (Å²) in [5.41, 5.74) is -2.18.